The van der Waals surface area contributed by atoms with E-state index in [0.29, 0.717) is 0 Å². The van der Waals surface area contributed by atoms with Crippen molar-refractivity contribution in [3.63, 3.8) is 0 Å². The molecule has 0 aromatic heterocycles. The van der Waals surface area contributed by atoms with Crippen molar-refractivity contribution in [2.24, 2.45) is 0 Å². The van der Waals surface area contributed by atoms with Crippen LogP contribution in [0.25, 0.3) is 0 Å². The Labute approximate surface area is 119 Å². The predicted molar refractivity (Wildman–Crippen MR) is 74.6 cm³/mol. The number of hydrogen-bond acceptors (Lipinski definition) is 3. The molecule has 0 aliphatic carbocycles. The molecule has 0 saturated carbocycles. The summed E-state index contributed by atoms with van der Waals surface area (Å²) < 4.78 is 26.6. The van der Waals surface area contributed by atoms with Crippen LogP contribution in [0, 0.1) is 29.9 Å². The largest absolute Gasteiger partial charge is 0.398 e. The molecule has 0 heterocycles. The lowest BCUT2D eigenvalue weighted by atomic mass is 10.1. The van der Waals surface area contributed by atoms with Crippen LogP contribution in [0.4, 0.5) is 20.2 Å². The molecular formula is C15H11F2N3O. The molecule has 4 nitrogen and oxygen atoms in total. The van der Waals surface area contributed by atoms with E-state index in [1.54, 1.807) is 6.07 Å². The minimum atomic E-state index is -0.635. The molecule has 0 aliphatic rings. The molecule has 21 heavy (non-hydrogen) atoms. The molecule has 2 aromatic carbocycles. The van der Waals surface area contributed by atoms with E-state index >= 15 is 0 Å². The molecule has 0 fully saturated rings. The highest BCUT2D eigenvalue weighted by atomic mass is 19.1. The highest BCUT2D eigenvalue weighted by molar-refractivity contribution is 6.05. The zero-order valence-corrected chi connectivity index (χ0v) is 11.1. The van der Waals surface area contributed by atoms with Gasteiger partial charge in [0.2, 0.25) is 0 Å². The van der Waals surface area contributed by atoms with Crippen LogP contribution in [0.3, 0.4) is 0 Å². The summed E-state index contributed by atoms with van der Waals surface area (Å²) in [7, 11) is 0. The third-order valence-corrected chi connectivity index (χ3v) is 3.00. The van der Waals surface area contributed by atoms with E-state index < -0.39 is 17.5 Å². The van der Waals surface area contributed by atoms with Gasteiger partial charge in [-0.3, -0.25) is 4.79 Å². The number of nitrogens with zero attached hydrogens (tertiary/aromatic N) is 1. The summed E-state index contributed by atoms with van der Waals surface area (Å²) >= 11 is 0. The fourth-order valence-electron chi connectivity index (χ4n) is 1.74. The summed E-state index contributed by atoms with van der Waals surface area (Å²) in [6.07, 6.45) is 0. The van der Waals surface area contributed by atoms with Crippen molar-refractivity contribution in [2.45, 2.75) is 6.92 Å². The van der Waals surface area contributed by atoms with Crippen LogP contribution in [0.5, 0.6) is 0 Å². The van der Waals surface area contributed by atoms with Crippen LogP contribution in [-0.4, -0.2) is 5.91 Å². The number of carbonyl (C=O) groups is 1. The second-order valence-corrected chi connectivity index (χ2v) is 4.43. The topological polar surface area (TPSA) is 78.9 Å². The Morgan fingerprint density at radius 1 is 1.29 bits per heavy atom. The molecule has 106 valence electrons. The standard InChI is InChI=1S/C15H11F2N3O/c1-8-12(17)5-9(6-13(8)19)15(21)20-14-3-2-11(16)4-10(14)7-18/h2-6H,19H2,1H3,(H,20,21). The Morgan fingerprint density at radius 2 is 2.00 bits per heavy atom. The minimum Gasteiger partial charge on any atom is -0.398 e. The van der Waals surface area contributed by atoms with Crippen LogP contribution in [0.2, 0.25) is 0 Å². The average molecular weight is 287 g/mol. The number of hydrogen-bond donors (Lipinski definition) is 2. The first-order valence-corrected chi connectivity index (χ1v) is 5.99. The second kappa shape index (κ2) is 5.59. The van der Waals surface area contributed by atoms with Gasteiger partial charge in [0.25, 0.3) is 5.91 Å². The Morgan fingerprint density at radius 3 is 2.62 bits per heavy atom. The lowest BCUT2D eigenvalue weighted by molar-refractivity contribution is 0.102. The van der Waals surface area contributed by atoms with Gasteiger partial charge in [0.1, 0.15) is 17.7 Å². The Bertz CT molecular complexity index is 743. The zero-order chi connectivity index (χ0) is 15.6. The minimum absolute atomic E-state index is 0.0174. The van der Waals surface area contributed by atoms with Crippen molar-refractivity contribution in [1.29, 1.82) is 5.26 Å². The molecule has 0 unspecified atom stereocenters. The highest BCUT2D eigenvalue weighted by Crippen LogP contribution is 2.20. The molecule has 0 atom stereocenters. The summed E-state index contributed by atoms with van der Waals surface area (Å²) in [5, 5.41) is 11.3. The monoisotopic (exact) mass is 287 g/mol. The molecule has 6 heteroatoms. The molecule has 1 amide bonds. The number of anilines is 2. The molecule has 0 saturated heterocycles. The number of nitriles is 1. The summed E-state index contributed by atoms with van der Waals surface area (Å²) in [4.78, 5) is 12.0. The van der Waals surface area contributed by atoms with Gasteiger partial charge >= 0.3 is 0 Å². The van der Waals surface area contributed by atoms with Gasteiger partial charge in [-0.25, -0.2) is 8.78 Å². The molecule has 0 radical (unpaired) electrons. The van der Waals surface area contributed by atoms with Gasteiger partial charge in [0.15, 0.2) is 0 Å². The van der Waals surface area contributed by atoms with Gasteiger partial charge < -0.3 is 11.1 Å². The van der Waals surface area contributed by atoms with Gasteiger partial charge in [0.05, 0.1) is 11.3 Å². The van der Waals surface area contributed by atoms with E-state index in [1.807, 2.05) is 0 Å². The van der Waals surface area contributed by atoms with Gasteiger partial charge in [-0.15, -0.1) is 0 Å². The number of nitrogens with two attached hydrogens (primary N) is 1. The summed E-state index contributed by atoms with van der Waals surface area (Å²) in [6, 6.07) is 7.54. The van der Waals surface area contributed by atoms with E-state index in [0.717, 1.165) is 18.2 Å². The fraction of sp³-hybridized carbons (Fsp3) is 0.0667. The van der Waals surface area contributed by atoms with E-state index in [-0.39, 0.29) is 28.1 Å². The van der Waals surface area contributed by atoms with Gasteiger partial charge in [-0.05, 0) is 37.3 Å². The number of halogens is 2. The van der Waals surface area contributed by atoms with Crippen LogP contribution in [-0.2, 0) is 0 Å². The van der Waals surface area contributed by atoms with Crippen molar-refractivity contribution in [3.8, 4) is 6.07 Å². The summed E-state index contributed by atoms with van der Waals surface area (Å²) in [5.74, 6) is -1.82. The third kappa shape index (κ3) is 2.98. The fourth-order valence-corrected chi connectivity index (χ4v) is 1.74. The van der Waals surface area contributed by atoms with Gasteiger partial charge in [-0.2, -0.15) is 5.26 Å². The number of nitrogen functional groups attached to an aromatic ring is 1. The van der Waals surface area contributed by atoms with E-state index in [1.165, 1.54) is 19.1 Å². The van der Waals surface area contributed by atoms with E-state index in [2.05, 4.69) is 5.32 Å². The first kappa shape index (κ1) is 14.5. The number of nitrogens with one attached hydrogen (secondary N) is 1. The SMILES string of the molecule is Cc1c(N)cc(C(=O)Nc2ccc(F)cc2C#N)cc1F. The zero-order valence-electron chi connectivity index (χ0n) is 11.1. The lowest BCUT2D eigenvalue weighted by Crippen LogP contribution is -2.14. The molecule has 3 N–H and O–H groups in total. The Kier molecular flexibility index (Phi) is 3.85. The van der Waals surface area contributed by atoms with Crippen LogP contribution < -0.4 is 11.1 Å². The van der Waals surface area contributed by atoms with Gasteiger partial charge in [0, 0.05) is 16.8 Å². The maximum absolute atomic E-state index is 13.6. The lowest BCUT2D eigenvalue weighted by Gasteiger charge is -2.09. The molecular weight excluding hydrogens is 276 g/mol. The number of carbonyl (C=O) groups excluding carboxylic acids is 1. The second-order valence-electron chi connectivity index (χ2n) is 4.43. The average Bonchev–Trinajstić information content (AvgIpc) is 2.45. The first-order valence-electron chi connectivity index (χ1n) is 5.99. The normalized spacial score (nSPS) is 10.0. The van der Waals surface area contributed by atoms with Crippen molar-refractivity contribution in [1.82, 2.24) is 0 Å². The third-order valence-electron chi connectivity index (χ3n) is 3.00. The molecule has 0 aliphatic heterocycles. The number of rotatable bonds is 2. The number of amides is 1. The van der Waals surface area contributed by atoms with Crippen LogP contribution in [0.15, 0.2) is 30.3 Å². The van der Waals surface area contributed by atoms with Crippen molar-refractivity contribution >= 4 is 17.3 Å². The molecule has 0 bridgehead atoms. The Hall–Kier alpha value is -2.94. The molecule has 2 aromatic rings. The van der Waals surface area contributed by atoms with Crippen molar-refractivity contribution < 1.29 is 13.6 Å². The summed E-state index contributed by atoms with van der Waals surface area (Å²) in [5.41, 5.74) is 6.15. The van der Waals surface area contributed by atoms with E-state index in [9.17, 15) is 13.6 Å². The van der Waals surface area contributed by atoms with Crippen molar-refractivity contribution in [2.75, 3.05) is 11.1 Å². The van der Waals surface area contributed by atoms with Crippen molar-refractivity contribution in [3.05, 3.63) is 58.7 Å². The smallest absolute Gasteiger partial charge is 0.255 e. The maximum atomic E-state index is 13.6. The first-order chi connectivity index (χ1) is 9.92. The molecule has 0 spiro atoms. The van der Waals surface area contributed by atoms with E-state index in [4.69, 9.17) is 11.0 Å². The molecule has 2 rings (SSSR count). The van der Waals surface area contributed by atoms with Crippen LogP contribution in [0.1, 0.15) is 21.5 Å². The Balaban J connectivity index is 2.33. The number of benzene rings is 2. The maximum Gasteiger partial charge on any atom is 0.255 e. The van der Waals surface area contributed by atoms with Crippen LogP contribution >= 0.6 is 0 Å². The summed E-state index contributed by atoms with van der Waals surface area (Å²) in [6.45, 7) is 1.50. The van der Waals surface area contributed by atoms with Gasteiger partial charge in [-0.1, -0.05) is 0 Å². The predicted octanol–water partition coefficient (Wildman–Crippen LogP) is 2.98. The quantitative estimate of drug-likeness (QED) is 0.833. The highest BCUT2D eigenvalue weighted by Gasteiger charge is 2.13.